The topological polar surface area (TPSA) is 84.9 Å². The molecule has 6 nitrogen and oxygen atoms in total. The molecular weight excluding hydrogens is 334 g/mol. The van der Waals surface area contributed by atoms with E-state index in [0.717, 1.165) is 5.56 Å². The van der Waals surface area contributed by atoms with Gasteiger partial charge in [0, 0.05) is 5.69 Å². The first kappa shape index (κ1) is 17.8. The van der Waals surface area contributed by atoms with Crippen LogP contribution < -0.4 is 14.8 Å². The highest BCUT2D eigenvalue weighted by Crippen LogP contribution is 2.31. The predicted molar refractivity (Wildman–Crippen MR) is 96.9 cm³/mol. The number of hydrogen-bond donors (Lipinski definition) is 2. The summed E-state index contributed by atoms with van der Waals surface area (Å²) in [4.78, 5) is 23.6. The molecule has 0 atom stereocenters. The van der Waals surface area contributed by atoms with Crippen LogP contribution >= 0.6 is 0 Å². The van der Waals surface area contributed by atoms with Gasteiger partial charge >= 0.3 is 5.97 Å². The second kappa shape index (κ2) is 7.07. The molecule has 1 heterocycles. The molecule has 0 radical (unpaired) electrons. The molecule has 2 aromatic rings. The van der Waals surface area contributed by atoms with Gasteiger partial charge in [-0.3, -0.25) is 9.59 Å². The van der Waals surface area contributed by atoms with Crippen molar-refractivity contribution in [2.45, 2.75) is 25.7 Å². The number of benzene rings is 2. The van der Waals surface area contributed by atoms with E-state index in [1.54, 1.807) is 44.2 Å². The van der Waals surface area contributed by atoms with Gasteiger partial charge in [-0.25, -0.2) is 0 Å². The highest BCUT2D eigenvalue weighted by Gasteiger charge is 2.29. The highest BCUT2D eigenvalue weighted by atomic mass is 16.6. The summed E-state index contributed by atoms with van der Waals surface area (Å²) in [6, 6.07) is 12.3. The second-order valence-corrected chi connectivity index (χ2v) is 6.71. The van der Waals surface area contributed by atoms with Crippen LogP contribution in [0.2, 0.25) is 0 Å². The number of hydrogen-bond acceptors (Lipinski definition) is 4. The van der Waals surface area contributed by atoms with Crippen molar-refractivity contribution < 1.29 is 24.2 Å². The van der Waals surface area contributed by atoms with E-state index in [1.807, 2.05) is 12.1 Å². The zero-order valence-electron chi connectivity index (χ0n) is 14.7. The van der Waals surface area contributed by atoms with Gasteiger partial charge in [0.2, 0.25) is 5.91 Å². The van der Waals surface area contributed by atoms with Crippen LogP contribution in [0.25, 0.3) is 0 Å². The Kier molecular flexibility index (Phi) is 4.84. The Bertz CT molecular complexity index is 827. The highest BCUT2D eigenvalue weighted by molar-refractivity contribution is 5.92. The Morgan fingerprint density at radius 2 is 1.69 bits per heavy atom. The van der Waals surface area contributed by atoms with Gasteiger partial charge in [-0.2, -0.15) is 0 Å². The van der Waals surface area contributed by atoms with Gasteiger partial charge in [0.15, 0.2) is 11.5 Å². The summed E-state index contributed by atoms with van der Waals surface area (Å²) in [6.45, 7) is 4.32. The van der Waals surface area contributed by atoms with E-state index in [9.17, 15) is 14.7 Å². The standard InChI is InChI=1S/C20H21NO5/c1-20(2,19(23)24)14-4-6-15(7-5-14)21-18(22)12-13-3-8-16-17(11-13)26-10-9-25-16/h3-8,11H,9-10,12H2,1-2H3,(H,21,22)(H,23,24). The molecule has 0 bridgehead atoms. The molecule has 2 N–H and O–H groups in total. The average molecular weight is 355 g/mol. The summed E-state index contributed by atoms with van der Waals surface area (Å²) >= 11 is 0. The Hall–Kier alpha value is -3.02. The maximum Gasteiger partial charge on any atom is 0.313 e. The molecule has 0 fully saturated rings. The van der Waals surface area contributed by atoms with Crippen LogP contribution in [-0.4, -0.2) is 30.2 Å². The van der Waals surface area contributed by atoms with Crippen molar-refractivity contribution in [3.63, 3.8) is 0 Å². The zero-order valence-corrected chi connectivity index (χ0v) is 14.7. The van der Waals surface area contributed by atoms with E-state index < -0.39 is 11.4 Å². The molecule has 2 aromatic carbocycles. The fraction of sp³-hybridized carbons (Fsp3) is 0.300. The Morgan fingerprint density at radius 1 is 1.04 bits per heavy atom. The van der Waals surface area contributed by atoms with E-state index in [2.05, 4.69) is 5.32 Å². The van der Waals surface area contributed by atoms with Crippen LogP contribution in [-0.2, 0) is 21.4 Å². The molecule has 0 aromatic heterocycles. The fourth-order valence-electron chi connectivity index (χ4n) is 2.68. The molecule has 0 unspecified atom stereocenters. The van der Waals surface area contributed by atoms with Gasteiger partial charge in [0.1, 0.15) is 13.2 Å². The number of fused-ring (bicyclic) bond motifs is 1. The van der Waals surface area contributed by atoms with E-state index in [-0.39, 0.29) is 12.3 Å². The summed E-state index contributed by atoms with van der Waals surface area (Å²) in [5.41, 5.74) is 1.15. The predicted octanol–water partition coefficient (Wildman–Crippen LogP) is 3.00. The number of carboxylic acids is 1. The lowest BCUT2D eigenvalue weighted by molar-refractivity contribution is -0.142. The number of aliphatic carboxylic acids is 1. The Labute approximate surface area is 151 Å². The number of carbonyl (C=O) groups excluding carboxylic acids is 1. The van der Waals surface area contributed by atoms with Gasteiger partial charge in [0.25, 0.3) is 0 Å². The SMILES string of the molecule is CC(C)(C(=O)O)c1ccc(NC(=O)Cc2ccc3c(c2)OCCO3)cc1. The molecule has 136 valence electrons. The van der Waals surface area contributed by atoms with Gasteiger partial charge in [0.05, 0.1) is 11.8 Å². The molecule has 0 spiro atoms. The third-order valence-corrected chi connectivity index (χ3v) is 4.40. The average Bonchev–Trinajstić information content (AvgIpc) is 2.62. The Morgan fingerprint density at radius 3 is 2.35 bits per heavy atom. The maximum absolute atomic E-state index is 12.3. The van der Waals surface area contributed by atoms with Crippen molar-refractivity contribution in [3.8, 4) is 11.5 Å². The monoisotopic (exact) mass is 355 g/mol. The van der Waals surface area contributed by atoms with Gasteiger partial charge in [-0.1, -0.05) is 18.2 Å². The lowest BCUT2D eigenvalue weighted by atomic mass is 9.85. The minimum Gasteiger partial charge on any atom is -0.486 e. The third-order valence-electron chi connectivity index (χ3n) is 4.40. The minimum absolute atomic E-state index is 0.160. The molecule has 0 aliphatic carbocycles. The van der Waals surface area contributed by atoms with Gasteiger partial charge < -0.3 is 19.9 Å². The first-order valence-electron chi connectivity index (χ1n) is 8.38. The molecule has 0 saturated carbocycles. The third kappa shape index (κ3) is 3.79. The van der Waals surface area contributed by atoms with Crippen molar-refractivity contribution in [3.05, 3.63) is 53.6 Å². The zero-order chi connectivity index (χ0) is 18.7. The number of carboxylic acid groups (broad SMARTS) is 1. The maximum atomic E-state index is 12.3. The summed E-state index contributed by atoms with van der Waals surface area (Å²) in [5, 5.41) is 12.1. The van der Waals surface area contributed by atoms with Gasteiger partial charge in [-0.05, 0) is 49.2 Å². The normalized spacial score (nSPS) is 13.2. The van der Waals surface area contributed by atoms with Crippen LogP contribution in [0.1, 0.15) is 25.0 Å². The molecule has 3 rings (SSSR count). The van der Waals surface area contributed by atoms with E-state index in [4.69, 9.17) is 9.47 Å². The second-order valence-electron chi connectivity index (χ2n) is 6.71. The van der Waals surface area contributed by atoms with Crippen LogP contribution in [0.15, 0.2) is 42.5 Å². The van der Waals surface area contributed by atoms with Gasteiger partial charge in [-0.15, -0.1) is 0 Å². The summed E-state index contributed by atoms with van der Waals surface area (Å²) in [6.07, 6.45) is 0.207. The number of carbonyl (C=O) groups is 2. The van der Waals surface area contributed by atoms with Crippen LogP contribution in [0.3, 0.4) is 0 Å². The van der Waals surface area contributed by atoms with Crippen molar-refractivity contribution in [2.75, 3.05) is 18.5 Å². The Balaban J connectivity index is 1.64. The lowest BCUT2D eigenvalue weighted by Crippen LogP contribution is -2.28. The molecule has 1 amide bonds. The number of rotatable bonds is 5. The molecule has 0 saturated heterocycles. The van der Waals surface area contributed by atoms with E-state index in [0.29, 0.717) is 36.0 Å². The number of nitrogens with one attached hydrogen (secondary N) is 1. The molecule has 1 aliphatic heterocycles. The molecular formula is C20H21NO5. The van der Waals surface area contributed by atoms with Crippen molar-refractivity contribution in [2.24, 2.45) is 0 Å². The van der Waals surface area contributed by atoms with Crippen molar-refractivity contribution >= 4 is 17.6 Å². The lowest BCUT2D eigenvalue weighted by Gasteiger charge is -2.20. The first-order valence-corrected chi connectivity index (χ1v) is 8.38. The minimum atomic E-state index is -0.978. The smallest absolute Gasteiger partial charge is 0.313 e. The van der Waals surface area contributed by atoms with Crippen molar-refractivity contribution in [1.29, 1.82) is 0 Å². The molecule has 1 aliphatic rings. The largest absolute Gasteiger partial charge is 0.486 e. The summed E-state index contributed by atoms with van der Waals surface area (Å²) < 4.78 is 11.0. The van der Waals surface area contributed by atoms with E-state index in [1.165, 1.54) is 0 Å². The number of amides is 1. The summed E-state index contributed by atoms with van der Waals surface area (Å²) in [7, 11) is 0. The van der Waals surface area contributed by atoms with Crippen molar-refractivity contribution in [1.82, 2.24) is 0 Å². The fourth-order valence-corrected chi connectivity index (χ4v) is 2.68. The first-order chi connectivity index (χ1) is 12.4. The van der Waals surface area contributed by atoms with E-state index >= 15 is 0 Å². The molecule has 26 heavy (non-hydrogen) atoms. The van der Waals surface area contributed by atoms with Crippen LogP contribution in [0, 0.1) is 0 Å². The molecule has 6 heteroatoms. The van der Waals surface area contributed by atoms with Crippen LogP contribution in [0.4, 0.5) is 5.69 Å². The number of ether oxygens (including phenoxy) is 2. The quantitative estimate of drug-likeness (QED) is 0.861. The van der Waals surface area contributed by atoms with Crippen LogP contribution in [0.5, 0.6) is 11.5 Å². The number of anilines is 1. The summed E-state index contributed by atoms with van der Waals surface area (Å²) in [5.74, 6) is 0.290.